The molecule has 0 unspecified atom stereocenters. The summed E-state index contributed by atoms with van der Waals surface area (Å²) in [6, 6.07) is 53.8. The molecule has 0 saturated heterocycles. The van der Waals surface area contributed by atoms with E-state index in [-0.39, 0.29) is 28.4 Å². The Bertz CT molecular complexity index is 2920. The molecular weight excluding hydrogens is 747 g/mol. The summed E-state index contributed by atoms with van der Waals surface area (Å²) in [6.07, 6.45) is 1.12. The molecule has 310 valence electrons. The van der Waals surface area contributed by atoms with E-state index in [1.54, 1.807) is 0 Å². The molecular formula is C59H61BN2. The second kappa shape index (κ2) is 13.9. The van der Waals surface area contributed by atoms with Gasteiger partial charge in [-0.3, -0.25) is 0 Å². The van der Waals surface area contributed by atoms with Gasteiger partial charge in [0.1, 0.15) is 0 Å². The van der Waals surface area contributed by atoms with Crippen molar-refractivity contribution in [2.45, 2.75) is 111 Å². The van der Waals surface area contributed by atoms with Gasteiger partial charge in [-0.15, -0.1) is 0 Å². The molecule has 0 aromatic heterocycles. The molecule has 0 fully saturated rings. The quantitative estimate of drug-likeness (QED) is 0.163. The van der Waals surface area contributed by atoms with Gasteiger partial charge in [0, 0.05) is 34.0 Å². The molecule has 3 heteroatoms. The highest BCUT2D eigenvalue weighted by atomic mass is 15.2. The van der Waals surface area contributed by atoms with E-state index in [2.05, 4.69) is 232 Å². The predicted molar refractivity (Wildman–Crippen MR) is 269 cm³/mol. The minimum Gasteiger partial charge on any atom is -0.311 e. The maximum atomic E-state index is 2.65. The number of nitrogens with zero attached hydrogens (tertiary/aromatic N) is 2. The van der Waals surface area contributed by atoms with Gasteiger partial charge in [-0.1, -0.05) is 166 Å². The van der Waals surface area contributed by atoms with Crippen LogP contribution in [0.15, 0.2) is 140 Å². The maximum absolute atomic E-state index is 2.65. The first-order chi connectivity index (χ1) is 29.3. The van der Waals surface area contributed by atoms with Gasteiger partial charge in [0.2, 0.25) is 0 Å². The Morgan fingerprint density at radius 1 is 0.452 bits per heavy atom. The van der Waals surface area contributed by atoms with Crippen LogP contribution >= 0.6 is 0 Å². The topological polar surface area (TPSA) is 6.48 Å². The summed E-state index contributed by atoms with van der Waals surface area (Å²) < 4.78 is 0. The Morgan fingerprint density at radius 3 is 1.60 bits per heavy atom. The minimum atomic E-state index is -0.0255. The second-order valence-corrected chi connectivity index (χ2v) is 22.0. The molecule has 0 N–H and O–H groups in total. The number of benzene rings is 7. The van der Waals surface area contributed by atoms with Crippen LogP contribution < -0.4 is 26.2 Å². The highest BCUT2D eigenvalue weighted by Crippen LogP contribution is 2.53. The number of fused-ring (bicyclic) bond motifs is 5. The van der Waals surface area contributed by atoms with Crippen LogP contribution in [0.4, 0.5) is 34.1 Å². The zero-order valence-corrected chi connectivity index (χ0v) is 39.0. The first kappa shape index (κ1) is 40.3. The maximum Gasteiger partial charge on any atom is 0.252 e. The van der Waals surface area contributed by atoms with Crippen molar-refractivity contribution in [2.24, 2.45) is 0 Å². The zero-order chi connectivity index (χ0) is 43.7. The van der Waals surface area contributed by atoms with Crippen molar-refractivity contribution in [3.8, 4) is 22.3 Å². The Hall–Kier alpha value is -5.80. The fraction of sp³-hybridized carbons (Fsp3) is 0.288. The van der Waals surface area contributed by atoms with Crippen LogP contribution in [0.3, 0.4) is 0 Å². The lowest BCUT2D eigenvalue weighted by molar-refractivity contribution is 0.403. The molecule has 62 heavy (non-hydrogen) atoms. The van der Waals surface area contributed by atoms with Gasteiger partial charge in [0.15, 0.2) is 0 Å². The van der Waals surface area contributed by atoms with Crippen LogP contribution in [0.25, 0.3) is 22.3 Å². The van der Waals surface area contributed by atoms with E-state index in [1.165, 1.54) is 106 Å². The molecule has 2 nitrogen and oxygen atoms in total. The van der Waals surface area contributed by atoms with E-state index in [4.69, 9.17) is 0 Å². The Morgan fingerprint density at radius 2 is 0.984 bits per heavy atom. The second-order valence-electron chi connectivity index (χ2n) is 22.0. The van der Waals surface area contributed by atoms with Crippen molar-refractivity contribution in [1.82, 2.24) is 0 Å². The molecule has 0 atom stereocenters. The first-order valence-corrected chi connectivity index (χ1v) is 22.8. The largest absolute Gasteiger partial charge is 0.311 e. The van der Waals surface area contributed by atoms with E-state index in [0.717, 1.165) is 6.42 Å². The van der Waals surface area contributed by atoms with E-state index in [9.17, 15) is 0 Å². The van der Waals surface area contributed by atoms with Crippen LogP contribution in [0.5, 0.6) is 0 Å². The van der Waals surface area contributed by atoms with Crippen LogP contribution in [-0.2, 0) is 21.7 Å². The third-order valence-electron chi connectivity index (χ3n) is 14.3. The molecule has 2 heterocycles. The minimum absolute atomic E-state index is 0.00394. The van der Waals surface area contributed by atoms with Crippen molar-refractivity contribution >= 4 is 57.2 Å². The fourth-order valence-electron chi connectivity index (χ4n) is 11.3. The average Bonchev–Trinajstić information content (AvgIpc) is 3.41. The van der Waals surface area contributed by atoms with Gasteiger partial charge in [-0.2, -0.15) is 0 Å². The van der Waals surface area contributed by atoms with Crippen LogP contribution in [-0.4, -0.2) is 6.71 Å². The Balaban J connectivity index is 1.34. The summed E-state index contributed by atoms with van der Waals surface area (Å²) in [5, 5.41) is 0. The van der Waals surface area contributed by atoms with E-state index in [0.29, 0.717) is 0 Å². The summed E-state index contributed by atoms with van der Waals surface area (Å²) >= 11 is 0. The monoisotopic (exact) mass is 808 g/mol. The molecule has 2 aliphatic heterocycles. The lowest BCUT2D eigenvalue weighted by Crippen LogP contribution is -2.62. The van der Waals surface area contributed by atoms with Gasteiger partial charge in [0.05, 0.1) is 5.69 Å². The third-order valence-corrected chi connectivity index (χ3v) is 14.3. The lowest BCUT2D eigenvalue weighted by atomic mass is 9.33. The van der Waals surface area contributed by atoms with E-state index in [1.807, 2.05) is 0 Å². The molecule has 0 amide bonds. The summed E-state index contributed by atoms with van der Waals surface area (Å²) in [5.41, 5.74) is 24.8. The standard InChI is InChI=1S/C59H61BN2/c1-37-29-53-55-54(30-37)62(51-31-41(24-23-38(51)2)39-19-15-13-16-20-39)52-35-46-45(58(9,10)36-59(46,11)12)34-48(52)60(55)47-33-43(57(6,7)8)26-28-50(47)61(53)49-27-25-42(56(3,4)5)32-44(49)40-21-17-14-18-22-40/h13-35H,36H2,1-12H3. The lowest BCUT2D eigenvalue weighted by Gasteiger charge is -2.46. The molecule has 7 aromatic rings. The summed E-state index contributed by atoms with van der Waals surface area (Å²) in [4.78, 5) is 5.27. The van der Waals surface area contributed by atoms with Gasteiger partial charge < -0.3 is 9.80 Å². The number of hydrogen-bond acceptors (Lipinski definition) is 2. The molecule has 0 radical (unpaired) electrons. The molecule has 3 aliphatic rings. The fourth-order valence-corrected chi connectivity index (χ4v) is 11.3. The normalized spacial score (nSPS) is 15.8. The SMILES string of the molecule is Cc1cc2c3c(c1)N(c1ccc(C(C)(C)C)cc1-c1ccccc1)c1ccc(C(C)(C)C)cc1B3c1cc3c(cc1N2c1cc(-c2ccccc2)ccc1C)C(C)(C)CC3(C)C. The third kappa shape index (κ3) is 6.37. The zero-order valence-electron chi connectivity index (χ0n) is 39.0. The molecule has 1 aliphatic carbocycles. The predicted octanol–water partition coefficient (Wildman–Crippen LogP) is 14.3. The van der Waals surface area contributed by atoms with Gasteiger partial charge >= 0.3 is 0 Å². The highest BCUT2D eigenvalue weighted by Gasteiger charge is 2.48. The van der Waals surface area contributed by atoms with Crippen molar-refractivity contribution in [3.05, 3.63) is 173 Å². The average molecular weight is 809 g/mol. The number of aryl methyl sites for hydroxylation is 2. The molecule has 10 rings (SSSR count). The molecule has 0 spiro atoms. The van der Waals surface area contributed by atoms with Crippen LogP contribution in [0, 0.1) is 13.8 Å². The first-order valence-electron chi connectivity index (χ1n) is 22.8. The van der Waals surface area contributed by atoms with Gasteiger partial charge in [0.25, 0.3) is 6.71 Å². The Kier molecular flexibility index (Phi) is 9.00. The summed E-state index contributed by atoms with van der Waals surface area (Å²) in [6.45, 7) is 28.5. The van der Waals surface area contributed by atoms with E-state index < -0.39 is 0 Å². The van der Waals surface area contributed by atoms with E-state index >= 15 is 0 Å². The molecule has 0 saturated carbocycles. The van der Waals surface area contributed by atoms with Crippen molar-refractivity contribution in [2.75, 3.05) is 9.80 Å². The summed E-state index contributed by atoms with van der Waals surface area (Å²) in [5.74, 6) is 0. The number of anilines is 6. The smallest absolute Gasteiger partial charge is 0.252 e. The van der Waals surface area contributed by atoms with Crippen LogP contribution in [0.2, 0.25) is 0 Å². The number of rotatable bonds is 4. The number of hydrogen-bond donors (Lipinski definition) is 0. The van der Waals surface area contributed by atoms with Crippen molar-refractivity contribution in [1.29, 1.82) is 0 Å². The molecule has 0 bridgehead atoms. The highest BCUT2D eigenvalue weighted by molar-refractivity contribution is 7.00. The summed E-state index contributed by atoms with van der Waals surface area (Å²) in [7, 11) is 0. The van der Waals surface area contributed by atoms with Gasteiger partial charge in [-0.05, 0) is 151 Å². The molecule has 7 aromatic carbocycles. The van der Waals surface area contributed by atoms with Crippen molar-refractivity contribution in [3.63, 3.8) is 0 Å². The van der Waals surface area contributed by atoms with Gasteiger partial charge in [-0.25, -0.2) is 0 Å². The van der Waals surface area contributed by atoms with Crippen molar-refractivity contribution < 1.29 is 0 Å². The Labute approximate surface area is 371 Å². The van der Waals surface area contributed by atoms with Crippen LogP contribution in [0.1, 0.15) is 109 Å².